The molecule has 0 atom stereocenters. The Bertz CT molecular complexity index is 333. The van der Waals surface area contributed by atoms with Crippen molar-refractivity contribution in [3.63, 3.8) is 0 Å². The van der Waals surface area contributed by atoms with Crippen LogP contribution in [0.3, 0.4) is 0 Å². The molecule has 2 nitrogen and oxygen atoms in total. The van der Waals surface area contributed by atoms with Gasteiger partial charge in [0.25, 0.3) is 0 Å². The molecule has 0 aliphatic rings. The number of benzene rings is 1. The van der Waals surface area contributed by atoms with E-state index in [9.17, 15) is 4.39 Å². The topological polar surface area (TPSA) is 12.5 Å². The second-order valence-electron chi connectivity index (χ2n) is 3.52. The Kier molecular flexibility index (Phi) is 5.56. The van der Waals surface area contributed by atoms with Gasteiger partial charge >= 0.3 is 0 Å². The third-order valence-electron chi connectivity index (χ3n) is 2.41. The summed E-state index contributed by atoms with van der Waals surface area (Å²) in [6, 6.07) is 4.89. The smallest absolute Gasteiger partial charge is 0.125 e. The monoisotopic (exact) mass is 245 g/mol. The molecule has 0 bridgehead atoms. The Morgan fingerprint density at radius 2 is 2.12 bits per heavy atom. The van der Waals surface area contributed by atoms with E-state index in [-0.39, 0.29) is 5.82 Å². The fourth-order valence-corrected chi connectivity index (χ4v) is 1.72. The summed E-state index contributed by atoms with van der Waals surface area (Å²) in [5.74, 6) is 0.0797. The number of hydrogen-bond donors (Lipinski definition) is 0. The Morgan fingerprint density at radius 1 is 1.38 bits per heavy atom. The lowest BCUT2D eigenvalue weighted by atomic mass is 10.2. The second kappa shape index (κ2) is 6.71. The van der Waals surface area contributed by atoms with Crippen molar-refractivity contribution in [1.29, 1.82) is 0 Å². The molecule has 0 heterocycles. The molecule has 0 fully saturated rings. The van der Waals surface area contributed by atoms with Crippen molar-refractivity contribution in [1.82, 2.24) is 0 Å². The molecular formula is C12H17ClFNO. The summed E-state index contributed by atoms with van der Waals surface area (Å²) in [6.45, 7) is 4.22. The number of rotatable bonds is 6. The SMILES string of the molecule is CCN(CCOC)c1cc(F)cc(CCl)c1. The van der Waals surface area contributed by atoms with Gasteiger partial charge < -0.3 is 9.64 Å². The van der Waals surface area contributed by atoms with Gasteiger partial charge in [-0.3, -0.25) is 0 Å². The van der Waals surface area contributed by atoms with E-state index in [4.69, 9.17) is 16.3 Å². The van der Waals surface area contributed by atoms with Crippen LogP contribution in [-0.4, -0.2) is 26.8 Å². The van der Waals surface area contributed by atoms with E-state index in [0.29, 0.717) is 12.5 Å². The predicted molar refractivity (Wildman–Crippen MR) is 65.7 cm³/mol. The van der Waals surface area contributed by atoms with Gasteiger partial charge in [-0.25, -0.2) is 4.39 Å². The lowest BCUT2D eigenvalue weighted by Crippen LogP contribution is -2.26. The van der Waals surface area contributed by atoms with E-state index in [2.05, 4.69) is 4.90 Å². The average Bonchev–Trinajstić information content (AvgIpc) is 2.29. The average molecular weight is 246 g/mol. The fraction of sp³-hybridized carbons (Fsp3) is 0.500. The first-order valence-electron chi connectivity index (χ1n) is 5.30. The lowest BCUT2D eigenvalue weighted by molar-refractivity contribution is 0.205. The molecule has 0 aliphatic heterocycles. The maximum absolute atomic E-state index is 13.3. The first kappa shape index (κ1) is 13.3. The van der Waals surface area contributed by atoms with Gasteiger partial charge in [-0.2, -0.15) is 0 Å². The number of alkyl halides is 1. The number of methoxy groups -OCH3 is 1. The molecule has 4 heteroatoms. The molecular weight excluding hydrogens is 229 g/mol. The minimum absolute atomic E-state index is 0.246. The van der Waals surface area contributed by atoms with Gasteiger partial charge in [-0.1, -0.05) is 0 Å². The number of anilines is 1. The molecule has 16 heavy (non-hydrogen) atoms. The van der Waals surface area contributed by atoms with Crippen LogP contribution in [0.25, 0.3) is 0 Å². The van der Waals surface area contributed by atoms with Gasteiger partial charge in [0, 0.05) is 31.8 Å². The van der Waals surface area contributed by atoms with Crippen molar-refractivity contribution in [2.24, 2.45) is 0 Å². The number of halogens is 2. The number of ether oxygens (including phenoxy) is 1. The fourth-order valence-electron chi connectivity index (χ4n) is 1.56. The van der Waals surface area contributed by atoms with Crippen molar-refractivity contribution in [3.8, 4) is 0 Å². The molecule has 0 spiro atoms. The van der Waals surface area contributed by atoms with Crippen LogP contribution in [0.15, 0.2) is 18.2 Å². The zero-order chi connectivity index (χ0) is 12.0. The second-order valence-corrected chi connectivity index (χ2v) is 3.79. The molecule has 0 saturated heterocycles. The van der Waals surface area contributed by atoms with Crippen LogP contribution in [0.1, 0.15) is 12.5 Å². The highest BCUT2D eigenvalue weighted by Crippen LogP contribution is 2.19. The van der Waals surface area contributed by atoms with E-state index in [1.807, 2.05) is 13.0 Å². The lowest BCUT2D eigenvalue weighted by Gasteiger charge is -2.23. The molecule has 0 radical (unpaired) electrons. The Morgan fingerprint density at radius 3 is 2.69 bits per heavy atom. The van der Waals surface area contributed by atoms with Gasteiger partial charge in [0.1, 0.15) is 5.82 Å². The third kappa shape index (κ3) is 3.65. The van der Waals surface area contributed by atoms with Gasteiger partial charge in [0.15, 0.2) is 0 Å². The van der Waals surface area contributed by atoms with Crippen molar-refractivity contribution in [2.75, 3.05) is 31.7 Å². The standard InChI is InChI=1S/C12H17ClFNO/c1-3-15(4-5-16-2)12-7-10(9-13)6-11(14)8-12/h6-8H,3-5,9H2,1-2H3. The van der Waals surface area contributed by atoms with Crippen molar-refractivity contribution in [3.05, 3.63) is 29.6 Å². The van der Waals surface area contributed by atoms with Crippen LogP contribution in [0.5, 0.6) is 0 Å². The first-order chi connectivity index (χ1) is 7.71. The summed E-state index contributed by atoms with van der Waals surface area (Å²) in [7, 11) is 1.66. The van der Waals surface area contributed by atoms with Crippen LogP contribution in [-0.2, 0) is 10.6 Å². The highest BCUT2D eigenvalue weighted by atomic mass is 35.5. The Balaban J connectivity index is 2.86. The van der Waals surface area contributed by atoms with Crippen LogP contribution in [0.2, 0.25) is 0 Å². The summed E-state index contributed by atoms with van der Waals surface area (Å²) in [4.78, 5) is 2.06. The van der Waals surface area contributed by atoms with Crippen LogP contribution in [0, 0.1) is 5.82 Å². The predicted octanol–water partition coefficient (Wildman–Crippen LogP) is 3.04. The van der Waals surface area contributed by atoms with E-state index in [1.165, 1.54) is 12.1 Å². The maximum atomic E-state index is 13.3. The number of likely N-dealkylation sites (N-methyl/N-ethyl adjacent to an activating group) is 1. The molecule has 0 saturated carbocycles. The van der Waals surface area contributed by atoms with E-state index in [1.54, 1.807) is 7.11 Å². The maximum Gasteiger partial charge on any atom is 0.125 e. The molecule has 1 aromatic rings. The summed E-state index contributed by atoms with van der Waals surface area (Å²) in [5, 5.41) is 0. The van der Waals surface area contributed by atoms with Gasteiger partial charge in [0.2, 0.25) is 0 Å². The molecule has 0 aromatic heterocycles. The Labute approximate surface area is 101 Å². The molecule has 0 unspecified atom stereocenters. The van der Waals surface area contributed by atoms with Crippen LogP contribution in [0.4, 0.5) is 10.1 Å². The number of nitrogens with zero attached hydrogens (tertiary/aromatic N) is 1. The minimum Gasteiger partial charge on any atom is -0.383 e. The van der Waals surface area contributed by atoms with E-state index >= 15 is 0 Å². The van der Waals surface area contributed by atoms with Crippen molar-refractivity contribution in [2.45, 2.75) is 12.8 Å². The van der Waals surface area contributed by atoms with Crippen molar-refractivity contribution >= 4 is 17.3 Å². The normalized spacial score (nSPS) is 10.5. The molecule has 1 aromatic carbocycles. The summed E-state index contributed by atoms with van der Waals surface area (Å²) >= 11 is 5.71. The molecule has 0 aliphatic carbocycles. The molecule has 0 amide bonds. The zero-order valence-corrected chi connectivity index (χ0v) is 10.4. The van der Waals surface area contributed by atoms with Crippen LogP contribution < -0.4 is 4.90 Å². The molecule has 1 rings (SSSR count). The van der Waals surface area contributed by atoms with Crippen LogP contribution >= 0.6 is 11.6 Å². The van der Waals surface area contributed by atoms with Crippen molar-refractivity contribution < 1.29 is 9.13 Å². The first-order valence-corrected chi connectivity index (χ1v) is 5.84. The van der Waals surface area contributed by atoms with E-state index in [0.717, 1.165) is 24.3 Å². The largest absolute Gasteiger partial charge is 0.383 e. The number of hydrogen-bond acceptors (Lipinski definition) is 2. The molecule has 0 N–H and O–H groups in total. The van der Waals surface area contributed by atoms with Gasteiger partial charge in [-0.05, 0) is 30.7 Å². The minimum atomic E-state index is -0.246. The quantitative estimate of drug-likeness (QED) is 0.715. The molecule has 90 valence electrons. The third-order valence-corrected chi connectivity index (χ3v) is 2.72. The van der Waals surface area contributed by atoms with E-state index < -0.39 is 0 Å². The zero-order valence-electron chi connectivity index (χ0n) is 9.67. The Hall–Kier alpha value is -0.800. The highest BCUT2D eigenvalue weighted by molar-refractivity contribution is 6.17. The summed E-state index contributed by atoms with van der Waals surface area (Å²) < 4.78 is 18.3. The summed E-state index contributed by atoms with van der Waals surface area (Å²) in [5.41, 5.74) is 1.66. The summed E-state index contributed by atoms with van der Waals surface area (Å²) in [6.07, 6.45) is 0. The van der Waals surface area contributed by atoms with Gasteiger partial charge in [0.05, 0.1) is 6.61 Å². The van der Waals surface area contributed by atoms with Gasteiger partial charge in [-0.15, -0.1) is 11.6 Å². The highest BCUT2D eigenvalue weighted by Gasteiger charge is 2.07.